The molecule has 0 aliphatic rings. The maximum atomic E-state index is 11.3. The second kappa shape index (κ2) is 8.22. The zero-order valence-corrected chi connectivity index (χ0v) is 14.8. The topological polar surface area (TPSA) is 46.6 Å². The number of ether oxygens (including phenoxy) is 1. The van der Waals surface area contributed by atoms with Crippen molar-refractivity contribution in [2.45, 2.75) is 19.9 Å². The molecule has 0 aliphatic heterocycles. The van der Waals surface area contributed by atoms with Crippen LogP contribution in [0.15, 0.2) is 18.2 Å². The molecule has 0 aliphatic carbocycles. The Morgan fingerprint density at radius 2 is 2.00 bits per heavy atom. The summed E-state index contributed by atoms with van der Waals surface area (Å²) in [6, 6.07) is 5.02. The van der Waals surface area contributed by atoms with Crippen LogP contribution in [0.1, 0.15) is 13.8 Å². The minimum absolute atomic E-state index is 0.0470. The molecule has 0 radical (unpaired) electrons. The molecule has 21 heavy (non-hydrogen) atoms. The molecule has 1 aromatic rings. The van der Waals surface area contributed by atoms with Crippen LogP contribution in [-0.2, 0) is 9.84 Å². The number of benzene rings is 1. The Labute approximate surface area is 136 Å². The van der Waals surface area contributed by atoms with E-state index in [2.05, 4.69) is 4.90 Å². The van der Waals surface area contributed by atoms with Crippen molar-refractivity contribution >= 4 is 33.0 Å². The summed E-state index contributed by atoms with van der Waals surface area (Å²) in [5, 5.41) is 1.03. The van der Waals surface area contributed by atoms with Gasteiger partial charge in [0.25, 0.3) is 0 Å². The fraction of sp³-hybridized carbons (Fsp3) is 0.571. The Morgan fingerprint density at radius 3 is 2.52 bits per heavy atom. The maximum absolute atomic E-state index is 11.3. The molecule has 0 saturated heterocycles. The third-order valence-corrected chi connectivity index (χ3v) is 4.72. The molecule has 0 spiro atoms. The van der Waals surface area contributed by atoms with E-state index in [1.165, 1.54) is 6.26 Å². The van der Waals surface area contributed by atoms with Gasteiger partial charge in [0.15, 0.2) is 0 Å². The maximum Gasteiger partial charge on any atom is 0.148 e. The lowest BCUT2D eigenvalue weighted by molar-refractivity contribution is 0.185. The van der Waals surface area contributed by atoms with E-state index in [1.807, 2.05) is 13.8 Å². The first kappa shape index (κ1) is 18.6. The van der Waals surface area contributed by atoms with Gasteiger partial charge in [-0.05, 0) is 31.7 Å². The van der Waals surface area contributed by atoms with Crippen molar-refractivity contribution in [2.75, 3.05) is 31.7 Å². The highest BCUT2D eigenvalue weighted by molar-refractivity contribution is 7.90. The Bertz CT molecular complexity index is 563. The summed E-state index contributed by atoms with van der Waals surface area (Å²) in [7, 11) is -2.99. The van der Waals surface area contributed by atoms with Crippen molar-refractivity contribution in [1.29, 1.82) is 0 Å². The van der Waals surface area contributed by atoms with E-state index in [0.717, 1.165) is 6.54 Å². The summed E-state index contributed by atoms with van der Waals surface area (Å²) in [6.07, 6.45) is 1.25. The predicted octanol–water partition coefficient (Wildman–Crippen LogP) is 3.13. The van der Waals surface area contributed by atoms with Crippen LogP contribution in [-0.4, -0.2) is 51.1 Å². The molecule has 0 N–H and O–H groups in total. The number of hydrogen-bond acceptors (Lipinski definition) is 4. The highest BCUT2D eigenvalue weighted by Crippen LogP contribution is 2.27. The number of likely N-dealkylation sites (N-methyl/N-ethyl adjacent to an activating group) is 1. The van der Waals surface area contributed by atoms with Crippen LogP contribution in [0, 0.1) is 0 Å². The van der Waals surface area contributed by atoms with Crippen molar-refractivity contribution in [2.24, 2.45) is 0 Å². The van der Waals surface area contributed by atoms with E-state index in [0.29, 0.717) is 28.9 Å². The summed E-state index contributed by atoms with van der Waals surface area (Å²) in [5.74, 6) is 0.718. The molecule has 1 rings (SSSR count). The van der Waals surface area contributed by atoms with Gasteiger partial charge in [0.1, 0.15) is 22.2 Å². The van der Waals surface area contributed by atoms with Gasteiger partial charge in [-0.25, -0.2) is 8.42 Å². The van der Waals surface area contributed by atoms with Gasteiger partial charge in [0.05, 0.1) is 10.8 Å². The molecule has 0 aromatic heterocycles. The van der Waals surface area contributed by atoms with Crippen molar-refractivity contribution in [3.05, 3.63) is 28.2 Å². The first-order valence-electron chi connectivity index (χ1n) is 6.72. The van der Waals surface area contributed by atoms with Crippen LogP contribution in [0.2, 0.25) is 10.0 Å². The molecular weight excluding hydrogens is 333 g/mol. The third-order valence-electron chi connectivity index (χ3n) is 3.10. The van der Waals surface area contributed by atoms with Gasteiger partial charge in [0, 0.05) is 23.9 Å². The van der Waals surface area contributed by atoms with E-state index in [4.69, 9.17) is 27.9 Å². The summed E-state index contributed by atoms with van der Waals surface area (Å²) in [4.78, 5) is 2.06. The Kier molecular flexibility index (Phi) is 7.27. The van der Waals surface area contributed by atoms with Gasteiger partial charge < -0.3 is 4.74 Å². The molecule has 120 valence electrons. The monoisotopic (exact) mass is 353 g/mol. The quantitative estimate of drug-likeness (QED) is 0.720. The summed E-state index contributed by atoms with van der Waals surface area (Å²) in [5.41, 5.74) is 0. The Balaban J connectivity index is 2.52. The first-order valence-corrected chi connectivity index (χ1v) is 9.54. The summed E-state index contributed by atoms with van der Waals surface area (Å²) < 4.78 is 28.3. The smallest absolute Gasteiger partial charge is 0.148 e. The van der Waals surface area contributed by atoms with Gasteiger partial charge in [-0.2, -0.15) is 0 Å². The van der Waals surface area contributed by atoms with Crippen LogP contribution in [0.3, 0.4) is 0 Å². The molecule has 0 fully saturated rings. The molecule has 1 unspecified atom stereocenters. The minimum atomic E-state index is -2.99. The fourth-order valence-electron chi connectivity index (χ4n) is 2.10. The standard InChI is InChI=1S/C14H21Cl2NO3S/c1-4-17(11(2)10-21(3,18)19)7-8-20-14-6-5-12(15)9-13(14)16/h5-6,9,11H,4,7-8,10H2,1-3H3. The lowest BCUT2D eigenvalue weighted by Gasteiger charge is -2.27. The van der Waals surface area contributed by atoms with Gasteiger partial charge in [0.2, 0.25) is 0 Å². The molecule has 1 aromatic carbocycles. The van der Waals surface area contributed by atoms with E-state index < -0.39 is 9.84 Å². The van der Waals surface area contributed by atoms with Crippen LogP contribution in [0.25, 0.3) is 0 Å². The average Bonchev–Trinajstić information content (AvgIpc) is 2.34. The first-order chi connectivity index (χ1) is 9.73. The molecule has 4 nitrogen and oxygen atoms in total. The number of rotatable bonds is 8. The summed E-state index contributed by atoms with van der Waals surface area (Å²) in [6.45, 7) is 5.72. The van der Waals surface area contributed by atoms with Gasteiger partial charge in [-0.1, -0.05) is 30.1 Å². The second-order valence-corrected chi connectivity index (χ2v) is 8.02. The summed E-state index contributed by atoms with van der Waals surface area (Å²) >= 11 is 11.8. The number of nitrogens with zero attached hydrogens (tertiary/aromatic N) is 1. The number of sulfone groups is 1. The van der Waals surface area contributed by atoms with Gasteiger partial charge >= 0.3 is 0 Å². The zero-order chi connectivity index (χ0) is 16.0. The number of halogens is 2. The van der Waals surface area contributed by atoms with Crippen LogP contribution >= 0.6 is 23.2 Å². The van der Waals surface area contributed by atoms with Crippen molar-refractivity contribution < 1.29 is 13.2 Å². The molecule has 0 amide bonds. The molecule has 1 atom stereocenters. The Hall–Kier alpha value is -0.490. The largest absolute Gasteiger partial charge is 0.491 e. The highest BCUT2D eigenvalue weighted by atomic mass is 35.5. The minimum Gasteiger partial charge on any atom is -0.491 e. The number of hydrogen-bond donors (Lipinski definition) is 0. The predicted molar refractivity (Wildman–Crippen MR) is 88.4 cm³/mol. The van der Waals surface area contributed by atoms with Crippen LogP contribution in [0.4, 0.5) is 0 Å². The van der Waals surface area contributed by atoms with Gasteiger partial charge in [-0.15, -0.1) is 0 Å². The molecule has 0 heterocycles. The van der Waals surface area contributed by atoms with Crippen LogP contribution < -0.4 is 4.74 Å². The van der Waals surface area contributed by atoms with E-state index in [1.54, 1.807) is 18.2 Å². The van der Waals surface area contributed by atoms with E-state index in [9.17, 15) is 8.42 Å². The zero-order valence-electron chi connectivity index (χ0n) is 12.5. The average molecular weight is 354 g/mol. The van der Waals surface area contributed by atoms with Gasteiger partial charge in [-0.3, -0.25) is 4.90 Å². The molecule has 0 bridgehead atoms. The lowest BCUT2D eigenvalue weighted by atomic mass is 10.3. The highest BCUT2D eigenvalue weighted by Gasteiger charge is 2.17. The van der Waals surface area contributed by atoms with Crippen LogP contribution in [0.5, 0.6) is 5.75 Å². The van der Waals surface area contributed by atoms with Crippen molar-refractivity contribution in [3.8, 4) is 5.75 Å². The Morgan fingerprint density at radius 1 is 1.33 bits per heavy atom. The van der Waals surface area contributed by atoms with E-state index in [-0.39, 0.29) is 11.8 Å². The molecule has 7 heteroatoms. The van der Waals surface area contributed by atoms with E-state index >= 15 is 0 Å². The molecular formula is C14H21Cl2NO3S. The lowest BCUT2D eigenvalue weighted by Crippen LogP contribution is -2.40. The van der Waals surface area contributed by atoms with Crippen molar-refractivity contribution in [3.63, 3.8) is 0 Å². The second-order valence-electron chi connectivity index (χ2n) is 4.99. The normalized spacial score (nSPS) is 13.4. The molecule has 0 saturated carbocycles. The SMILES string of the molecule is CCN(CCOc1ccc(Cl)cc1Cl)C(C)CS(C)(=O)=O. The fourth-order valence-corrected chi connectivity index (χ4v) is 3.65. The third kappa shape index (κ3) is 6.87. The van der Waals surface area contributed by atoms with Crippen molar-refractivity contribution in [1.82, 2.24) is 4.90 Å².